The minimum absolute atomic E-state index is 0.125. The van der Waals surface area contributed by atoms with Gasteiger partial charge in [-0.25, -0.2) is 9.97 Å². The summed E-state index contributed by atoms with van der Waals surface area (Å²) >= 11 is 1.43. The molecule has 0 aliphatic carbocycles. The summed E-state index contributed by atoms with van der Waals surface area (Å²) in [5.74, 6) is 1.24. The summed E-state index contributed by atoms with van der Waals surface area (Å²) < 4.78 is 5.27. The standard InChI is InChI=1S/C24H21N3O2S/c1-16-25-21-14-7-6-13-20(21)24(26-16)30-22(17-9-4-3-5-10-17)23(28)27-18-11-8-12-19(15-18)29-2/h3-15,22H,1-2H3,(H,27,28)/t22-/m1/s1. The Labute approximate surface area is 179 Å². The van der Waals surface area contributed by atoms with Gasteiger partial charge in [-0.15, -0.1) is 0 Å². The van der Waals surface area contributed by atoms with Crippen molar-refractivity contribution in [2.45, 2.75) is 17.2 Å². The van der Waals surface area contributed by atoms with E-state index in [-0.39, 0.29) is 5.91 Å². The third-order valence-corrected chi connectivity index (χ3v) is 5.84. The number of hydrogen-bond acceptors (Lipinski definition) is 5. The first kappa shape index (κ1) is 19.9. The number of benzene rings is 3. The van der Waals surface area contributed by atoms with Crippen molar-refractivity contribution >= 4 is 34.3 Å². The zero-order chi connectivity index (χ0) is 20.9. The minimum Gasteiger partial charge on any atom is -0.497 e. The number of carbonyl (C=O) groups is 1. The molecule has 0 saturated carbocycles. The van der Waals surface area contributed by atoms with Crippen molar-refractivity contribution in [1.29, 1.82) is 0 Å². The number of anilines is 1. The molecule has 5 nitrogen and oxygen atoms in total. The summed E-state index contributed by atoms with van der Waals surface area (Å²) in [5, 5.41) is 4.26. The zero-order valence-electron chi connectivity index (χ0n) is 16.7. The summed E-state index contributed by atoms with van der Waals surface area (Å²) in [6.07, 6.45) is 0. The van der Waals surface area contributed by atoms with Crippen LogP contribution in [0.1, 0.15) is 16.6 Å². The number of thioether (sulfide) groups is 1. The molecule has 3 aromatic carbocycles. The molecule has 1 aromatic heterocycles. The number of aryl methyl sites for hydroxylation is 1. The van der Waals surface area contributed by atoms with E-state index in [0.29, 0.717) is 17.3 Å². The largest absolute Gasteiger partial charge is 0.497 e. The molecule has 1 N–H and O–H groups in total. The number of ether oxygens (including phenoxy) is 1. The van der Waals surface area contributed by atoms with Crippen LogP contribution < -0.4 is 10.1 Å². The molecule has 1 amide bonds. The van der Waals surface area contributed by atoms with Gasteiger partial charge >= 0.3 is 0 Å². The summed E-state index contributed by atoms with van der Waals surface area (Å²) in [4.78, 5) is 22.5. The van der Waals surface area contributed by atoms with Crippen LogP contribution in [0.25, 0.3) is 10.9 Å². The van der Waals surface area contributed by atoms with Crippen LogP contribution in [-0.2, 0) is 4.79 Å². The van der Waals surface area contributed by atoms with Gasteiger partial charge in [0, 0.05) is 17.1 Å². The second-order valence-electron chi connectivity index (χ2n) is 6.72. The first-order chi connectivity index (χ1) is 14.6. The normalized spacial score (nSPS) is 11.8. The van der Waals surface area contributed by atoms with E-state index in [1.807, 2.05) is 79.7 Å². The van der Waals surface area contributed by atoms with Gasteiger partial charge in [-0.1, -0.05) is 66.4 Å². The number of amides is 1. The Kier molecular flexibility index (Phi) is 5.95. The van der Waals surface area contributed by atoms with Crippen molar-refractivity contribution in [3.8, 4) is 5.75 Å². The van der Waals surface area contributed by atoms with Gasteiger partial charge in [-0.05, 0) is 30.7 Å². The molecule has 0 fully saturated rings. The van der Waals surface area contributed by atoms with Crippen LogP contribution in [0.15, 0.2) is 83.9 Å². The van der Waals surface area contributed by atoms with Gasteiger partial charge in [0.1, 0.15) is 21.8 Å². The number of para-hydroxylation sites is 1. The minimum atomic E-state index is -0.477. The SMILES string of the molecule is COc1cccc(NC(=O)[C@H](Sc2nc(C)nc3ccccc23)c2ccccc2)c1. The Balaban J connectivity index is 1.70. The number of hydrogen-bond donors (Lipinski definition) is 1. The molecule has 30 heavy (non-hydrogen) atoms. The van der Waals surface area contributed by atoms with Gasteiger partial charge < -0.3 is 10.1 Å². The number of carbonyl (C=O) groups excluding carboxylic acids is 1. The molecular formula is C24H21N3O2S. The average Bonchev–Trinajstić information content (AvgIpc) is 2.77. The summed E-state index contributed by atoms with van der Waals surface area (Å²) in [6.45, 7) is 1.87. The number of rotatable bonds is 6. The number of nitrogens with zero attached hydrogens (tertiary/aromatic N) is 2. The van der Waals surface area contributed by atoms with E-state index in [9.17, 15) is 4.79 Å². The van der Waals surface area contributed by atoms with E-state index >= 15 is 0 Å². The average molecular weight is 416 g/mol. The van der Waals surface area contributed by atoms with Crippen LogP contribution in [0.5, 0.6) is 5.75 Å². The van der Waals surface area contributed by atoms with Crippen LogP contribution in [0.4, 0.5) is 5.69 Å². The maximum absolute atomic E-state index is 13.3. The zero-order valence-corrected chi connectivity index (χ0v) is 17.5. The Morgan fingerprint density at radius 3 is 2.53 bits per heavy atom. The second kappa shape index (κ2) is 8.97. The van der Waals surface area contributed by atoms with E-state index in [4.69, 9.17) is 4.74 Å². The molecule has 6 heteroatoms. The third kappa shape index (κ3) is 4.44. The summed E-state index contributed by atoms with van der Waals surface area (Å²) in [6, 6.07) is 24.9. The lowest BCUT2D eigenvalue weighted by Gasteiger charge is -2.18. The highest BCUT2D eigenvalue weighted by molar-refractivity contribution is 8.00. The lowest BCUT2D eigenvalue weighted by Crippen LogP contribution is -2.19. The maximum atomic E-state index is 13.3. The predicted molar refractivity (Wildman–Crippen MR) is 121 cm³/mol. The number of methoxy groups -OCH3 is 1. The second-order valence-corrected chi connectivity index (χ2v) is 7.82. The van der Waals surface area contributed by atoms with Crippen molar-refractivity contribution in [2.24, 2.45) is 0 Å². The number of nitrogens with one attached hydrogen (secondary N) is 1. The van der Waals surface area contributed by atoms with E-state index in [0.717, 1.165) is 21.5 Å². The predicted octanol–water partition coefficient (Wildman–Crippen LogP) is 5.42. The maximum Gasteiger partial charge on any atom is 0.242 e. The fourth-order valence-corrected chi connectivity index (χ4v) is 4.34. The van der Waals surface area contributed by atoms with Gasteiger partial charge in [-0.2, -0.15) is 0 Å². The molecule has 0 bridgehead atoms. The molecule has 150 valence electrons. The van der Waals surface area contributed by atoms with Gasteiger partial charge in [-0.3, -0.25) is 4.79 Å². The molecule has 1 heterocycles. The molecule has 4 aromatic rings. The van der Waals surface area contributed by atoms with E-state index in [1.54, 1.807) is 13.2 Å². The molecule has 1 atom stereocenters. The van der Waals surface area contributed by atoms with Gasteiger partial charge in [0.15, 0.2) is 0 Å². The van der Waals surface area contributed by atoms with Crippen LogP contribution in [0, 0.1) is 6.92 Å². The quantitative estimate of drug-likeness (QED) is 0.337. The van der Waals surface area contributed by atoms with Gasteiger partial charge in [0.05, 0.1) is 12.6 Å². The van der Waals surface area contributed by atoms with E-state index in [1.165, 1.54) is 11.8 Å². The van der Waals surface area contributed by atoms with Gasteiger partial charge in [0.2, 0.25) is 5.91 Å². The van der Waals surface area contributed by atoms with Crippen molar-refractivity contribution in [3.05, 3.63) is 90.3 Å². The smallest absolute Gasteiger partial charge is 0.242 e. The van der Waals surface area contributed by atoms with Crippen molar-refractivity contribution < 1.29 is 9.53 Å². The lowest BCUT2D eigenvalue weighted by atomic mass is 10.1. The van der Waals surface area contributed by atoms with Crippen molar-refractivity contribution in [3.63, 3.8) is 0 Å². The Hall–Kier alpha value is -3.38. The van der Waals surface area contributed by atoms with Crippen molar-refractivity contribution in [2.75, 3.05) is 12.4 Å². The first-order valence-corrected chi connectivity index (χ1v) is 10.4. The monoisotopic (exact) mass is 415 g/mol. The molecule has 0 radical (unpaired) electrons. The fraction of sp³-hybridized carbons (Fsp3) is 0.125. The van der Waals surface area contributed by atoms with Crippen LogP contribution in [0.3, 0.4) is 0 Å². The molecule has 0 saturated heterocycles. The van der Waals surface area contributed by atoms with E-state index in [2.05, 4.69) is 15.3 Å². The highest BCUT2D eigenvalue weighted by atomic mass is 32.2. The number of fused-ring (bicyclic) bond motifs is 1. The summed E-state index contributed by atoms with van der Waals surface area (Å²) in [7, 11) is 1.60. The Morgan fingerprint density at radius 2 is 1.73 bits per heavy atom. The highest BCUT2D eigenvalue weighted by Gasteiger charge is 2.24. The van der Waals surface area contributed by atoms with Crippen molar-refractivity contribution in [1.82, 2.24) is 9.97 Å². The highest BCUT2D eigenvalue weighted by Crippen LogP contribution is 2.38. The molecular weight excluding hydrogens is 394 g/mol. The fourth-order valence-electron chi connectivity index (χ4n) is 3.17. The number of aromatic nitrogens is 2. The van der Waals surface area contributed by atoms with Crippen LogP contribution in [-0.4, -0.2) is 23.0 Å². The third-order valence-electron chi connectivity index (χ3n) is 4.59. The molecule has 0 spiro atoms. The molecule has 0 unspecified atom stereocenters. The Bertz CT molecular complexity index is 1180. The molecule has 0 aliphatic rings. The van der Waals surface area contributed by atoms with Gasteiger partial charge in [0.25, 0.3) is 0 Å². The first-order valence-electron chi connectivity index (χ1n) is 9.54. The van der Waals surface area contributed by atoms with Crippen LogP contribution in [0.2, 0.25) is 0 Å². The lowest BCUT2D eigenvalue weighted by molar-refractivity contribution is -0.115. The Morgan fingerprint density at radius 1 is 0.967 bits per heavy atom. The van der Waals surface area contributed by atoms with E-state index < -0.39 is 5.25 Å². The topological polar surface area (TPSA) is 64.1 Å². The molecule has 0 aliphatic heterocycles. The summed E-state index contributed by atoms with van der Waals surface area (Å²) in [5.41, 5.74) is 2.46. The van der Waals surface area contributed by atoms with Crippen LogP contribution >= 0.6 is 11.8 Å². The molecule has 4 rings (SSSR count).